The van der Waals surface area contributed by atoms with Crippen LogP contribution in [-0.2, 0) is 0 Å². The van der Waals surface area contributed by atoms with Crippen molar-refractivity contribution in [3.8, 4) is 11.1 Å². The van der Waals surface area contributed by atoms with Crippen LogP contribution < -0.4 is 5.73 Å². The van der Waals surface area contributed by atoms with Crippen LogP contribution in [0.15, 0.2) is 78.9 Å². The SMILES string of the molecule is Nc1cc(-c2ccccc2)ccc1C(=O)c1ccccc1. The summed E-state index contributed by atoms with van der Waals surface area (Å²) in [6, 6.07) is 24.7. The van der Waals surface area contributed by atoms with Crippen LogP contribution in [0.5, 0.6) is 0 Å². The Kier molecular flexibility index (Phi) is 3.52. The van der Waals surface area contributed by atoms with Gasteiger partial charge in [0.15, 0.2) is 5.78 Å². The average Bonchev–Trinajstić information content (AvgIpc) is 2.56. The van der Waals surface area contributed by atoms with Crippen LogP contribution in [0.25, 0.3) is 11.1 Å². The van der Waals surface area contributed by atoms with E-state index in [0.717, 1.165) is 11.1 Å². The summed E-state index contributed by atoms with van der Waals surface area (Å²) in [7, 11) is 0. The van der Waals surface area contributed by atoms with Crippen LogP contribution in [0.3, 0.4) is 0 Å². The van der Waals surface area contributed by atoms with Crippen LogP contribution in [0, 0.1) is 0 Å². The van der Waals surface area contributed by atoms with Gasteiger partial charge in [-0.3, -0.25) is 4.79 Å². The summed E-state index contributed by atoms with van der Waals surface area (Å²) in [4.78, 5) is 12.4. The van der Waals surface area contributed by atoms with E-state index in [0.29, 0.717) is 16.8 Å². The van der Waals surface area contributed by atoms with Gasteiger partial charge in [-0.25, -0.2) is 0 Å². The highest BCUT2D eigenvalue weighted by Crippen LogP contribution is 2.25. The molecule has 0 bridgehead atoms. The lowest BCUT2D eigenvalue weighted by atomic mass is 9.98. The van der Waals surface area contributed by atoms with Gasteiger partial charge in [-0.05, 0) is 23.3 Å². The first-order valence-corrected chi connectivity index (χ1v) is 6.80. The number of anilines is 1. The summed E-state index contributed by atoms with van der Waals surface area (Å²) in [6.07, 6.45) is 0. The van der Waals surface area contributed by atoms with Crippen molar-refractivity contribution in [2.75, 3.05) is 5.73 Å². The summed E-state index contributed by atoms with van der Waals surface area (Å²) < 4.78 is 0. The third-order valence-electron chi connectivity index (χ3n) is 3.44. The largest absolute Gasteiger partial charge is 0.398 e. The Morgan fingerprint density at radius 2 is 1.33 bits per heavy atom. The van der Waals surface area contributed by atoms with E-state index in [4.69, 9.17) is 5.73 Å². The number of rotatable bonds is 3. The molecule has 102 valence electrons. The van der Waals surface area contributed by atoms with Crippen molar-refractivity contribution in [2.45, 2.75) is 0 Å². The zero-order chi connectivity index (χ0) is 14.7. The Morgan fingerprint density at radius 3 is 1.95 bits per heavy atom. The Balaban J connectivity index is 1.98. The van der Waals surface area contributed by atoms with Gasteiger partial charge in [0.25, 0.3) is 0 Å². The standard InChI is InChI=1S/C19H15NO/c20-18-13-16(14-7-3-1-4-8-14)11-12-17(18)19(21)15-9-5-2-6-10-15/h1-13H,20H2. The normalized spacial score (nSPS) is 10.3. The van der Waals surface area contributed by atoms with Crippen LogP contribution in [0.2, 0.25) is 0 Å². The molecule has 3 rings (SSSR count). The van der Waals surface area contributed by atoms with E-state index >= 15 is 0 Å². The number of hydrogen-bond acceptors (Lipinski definition) is 2. The third-order valence-corrected chi connectivity index (χ3v) is 3.44. The van der Waals surface area contributed by atoms with Gasteiger partial charge in [0.2, 0.25) is 0 Å². The number of hydrogen-bond donors (Lipinski definition) is 1. The van der Waals surface area contributed by atoms with Crippen LogP contribution in [0.1, 0.15) is 15.9 Å². The summed E-state index contributed by atoms with van der Waals surface area (Å²) in [5.74, 6) is -0.0484. The summed E-state index contributed by atoms with van der Waals surface area (Å²) in [5.41, 5.74) is 9.87. The Hall–Kier alpha value is -2.87. The molecule has 0 atom stereocenters. The van der Waals surface area contributed by atoms with Crippen LogP contribution in [0.4, 0.5) is 5.69 Å². The number of carbonyl (C=O) groups is 1. The maximum absolute atomic E-state index is 12.4. The second-order valence-electron chi connectivity index (χ2n) is 4.86. The first-order chi connectivity index (χ1) is 10.3. The molecule has 21 heavy (non-hydrogen) atoms. The number of carbonyl (C=O) groups excluding carboxylic acids is 1. The second-order valence-corrected chi connectivity index (χ2v) is 4.86. The van der Waals surface area contributed by atoms with Crippen molar-refractivity contribution in [1.82, 2.24) is 0 Å². The molecular weight excluding hydrogens is 258 g/mol. The molecule has 0 saturated heterocycles. The molecule has 0 saturated carbocycles. The molecule has 0 amide bonds. The topological polar surface area (TPSA) is 43.1 Å². The molecule has 0 aliphatic heterocycles. The molecule has 0 aromatic heterocycles. The fourth-order valence-electron chi connectivity index (χ4n) is 2.32. The Bertz CT molecular complexity index is 764. The number of ketones is 1. The molecule has 0 aliphatic rings. The van der Waals surface area contributed by atoms with E-state index in [1.54, 1.807) is 18.2 Å². The van der Waals surface area contributed by atoms with E-state index in [1.807, 2.05) is 60.7 Å². The van der Waals surface area contributed by atoms with Gasteiger partial charge in [0.1, 0.15) is 0 Å². The summed E-state index contributed by atoms with van der Waals surface area (Å²) >= 11 is 0. The van der Waals surface area contributed by atoms with Crippen molar-refractivity contribution in [1.29, 1.82) is 0 Å². The predicted octanol–water partition coefficient (Wildman–Crippen LogP) is 4.17. The van der Waals surface area contributed by atoms with Crippen molar-refractivity contribution in [2.24, 2.45) is 0 Å². The molecule has 0 fully saturated rings. The quantitative estimate of drug-likeness (QED) is 0.575. The lowest BCUT2D eigenvalue weighted by Crippen LogP contribution is -2.05. The minimum atomic E-state index is -0.0484. The number of nitrogen functional groups attached to an aromatic ring is 1. The highest BCUT2D eigenvalue weighted by molar-refractivity contribution is 6.12. The number of benzene rings is 3. The fraction of sp³-hybridized carbons (Fsp3) is 0. The van der Waals surface area contributed by atoms with Gasteiger partial charge in [0, 0.05) is 16.8 Å². The molecule has 0 spiro atoms. The highest BCUT2D eigenvalue weighted by atomic mass is 16.1. The van der Waals surface area contributed by atoms with E-state index in [1.165, 1.54) is 0 Å². The minimum Gasteiger partial charge on any atom is -0.398 e. The van der Waals surface area contributed by atoms with Gasteiger partial charge in [0.05, 0.1) is 0 Å². The van der Waals surface area contributed by atoms with Gasteiger partial charge >= 0.3 is 0 Å². The fourth-order valence-corrected chi connectivity index (χ4v) is 2.32. The Morgan fingerprint density at radius 1 is 0.714 bits per heavy atom. The number of nitrogens with two attached hydrogens (primary N) is 1. The second kappa shape index (κ2) is 5.63. The van der Waals surface area contributed by atoms with E-state index in [-0.39, 0.29) is 5.78 Å². The molecule has 2 N–H and O–H groups in total. The van der Waals surface area contributed by atoms with E-state index in [9.17, 15) is 4.79 Å². The van der Waals surface area contributed by atoms with E-state index in [2.05, 4.69) is 0 Å². The molecule has 3 aromatic carbocycles. The van der Waals surface area contributed by atoms with Crippen LogP contribution in [-0.4, -0.2) is 5.78 Å². The maximum atomic E-state index is 12.4. The Labute approximate surface area is 123 Å². The summed E-state index contributed by atoms with van der Waals surface area (Å²) in [6.45, 7) is 0. The van der Waals surface area contributed by atoms with Crippen molar-refractivity contribution < 1.29 is 4.79 Å². The van der Waals surface area contributed by atoms with Gasteiger partial charge in [-0.15, -0.1) is 0 Å². The minimum absolute atomic E-state index is 0.0484. The predicted molar refractivity (Wildman–Crippen MR) is 86.2 cm³/mol. The maximum Gasteiger partial charge on any atom is 0.195 e. The first kappa shape index (κ1) is 13.1. The molecular formula is C19H15NO. The lowest BCUT2D eigenvalue weighted by Gasteiger charge is -2.08. The first-order valence-electron chi connectivity index (χ1n) is 6.80. The molecule has 0 aliphatic carbocycles. The van der Waals surface area contributed by atoms with Gasteiger partial charge in [-0.1, -0.05) is 66.7 Å². The average molecular weight is 273 g/mol. The third kappa shape index (κ3) is 2.70. The van der Waals surface area contributed by atoms with Crippen LogP contribution >= 0.6 is 0 Å². The molecule has 0 radical (unpaired) electrons. The highest BCUT2D eigenvalue weighted by Gasteiger charge is 2.12. The molecule has 0 heterocycles. The molecule has 3 aromatic rings. The molecule has 2 nitrogen and oxygen atoms in total. The van der Waals surface area contributed by atoms with E-state index < -0.39 is 0 Å². The van der Waals surface area contributed by atoms with Crippen molar-refractivity contribution >= 4 is 11.5 Å². The van der Waals surface area contributed by atoms with Gasteiger partial charge in [-0.2, -0.15) is 0 Å². The zero-order valence-corrected chi connectivity index (χ0v) is 11.5. The molecule has 2 heteroatoms. The summed E-state index contributed by atoms with van der Waals surface area (Å²) in [5, 5.41) is 0. The smallest absolute Gasteiger partial charge is 0.195 e. The lowest BCUT2D eigenvalue weighted by molar-refractivity contribution is 0.103. The monoisotopic (exact) mass is 273 g/mol. The van der Waals surface area contributed by atoms with Crippen molar-refractivity contribution in [3.05, 3.63) is 90.0 Å². The van der Waals surface area contributed by atoms with Gasteiger partial charge < -0.3 is 5.73 Å². The van der Waals surface area contributed by atoms with Crippen molar-refractivity contribution in [3.63, 3.8) is 0 Å². The zero-order valence-electron chi connectivity index (χ0n) is 11.5. The molecule has 0 unspecified atom stereocenters.